The smallest absolute Gasteiger partial charge is 0.307 e. The van der Waals surface area contributed by atoms with E-state index < -0.39 is 11.8 Å². The van der Waals surface area contributed by atoms with Crippen LogP contribution in [0.5, 0.6) is 11.5 Å². The molecular formula is C30H28FNO5. The molecule has 190 valence electrons. The highest BCUT2D eigenvalue weighted by Gasteiger charge is 2.34. The molecule has 3 aliphatic rings. The first-order chi connectivity index (χ1) is 17.8. The van der Waals surface area contributed by atoms with Crippen LogP contribution in [0.15, 0.2) is 30.3 Å². The van der Waals surface area contributed by atoms with Crippen LogP contribution in [0.2, 0.25) is 0 Å². The molecule has 1 amide bonds. The van der Waals surface area contributed by atoms with E-state index in [1.165, 1.54) is 6.07 Å². The lowest BCUT2D eigenvalue weighted by Gasteiger charge is -2.25. The first kappa shape index (κ1) is 23.5. The van der Waals surface area contributed by atoms with E-state index in [2.05, 4.69) is 0 Å². The lowest BCUT2D eigenvalue weighted by atomic mass is 9.84. The van der Waals surface area contributed by atoms with Gasteiger partial charge in [-0.1, -0.05) is 12.1 Å². The first-order valence-electron chi connectivity index (χ1n) is 12.7. The van der Waals surface area contributed by atoms with E-state index in [1.807, 2.05) is 32.0 Å². The lowest BCUT2D eigenvalue weighted by molar-refractivity contribution is -0.136. The normalized spacial score (nSPS) is 15.5. The van der Waals surface area contributed by atoms with Gasteiger partial charge in [-0.3, -0.25) is 9.59 Å². The van der Waals surface area contributed by atoms with Crippen LogP contribution >= 0.6 is 0 Å². The Kier molecular flexibility index (Phi) is 5.66. The Balaban J connectivity index is 1.53. The van der Waals surface area contributed by atoms with Crippen molar-refractivity contribution < 1.29 is 28.6 Å². The molecule has 1 N–H and O–H groups in total. The maximum Gasteiger partial charge on any atom is 0.307 e. The van der Waals surface area contributed by atoms with Gasteiger partial charge in [-0.05, 0) is 90.3 Å². The fourth-order valence-corrected chi connectivity index (χ4v) is 6.09. The third-order valence-electron chi connectivity index (χ3n) is 7.84. The Morgan fingerprint density at radius 2 is 1.84 bits per heavy atom. The summed E-state index contributed by atoms with van der Waals surface area (Å²) in [4.78, 5) is 27.4. The summed E-state index contributed by atoms with van der Waals surface area (Å²) in [6.07, 6.45) is 2.65. The molecule has 0 saturated carbocycles. The fraction of sp³-hybridized carbons (Fsp3) is 0.333. The molecule has 0 atom stereocenters. The van der Waals surface area contributed by atoms with Gasteiger partial charge < -0.3 is 19.5 Å². The number of carboxylic acids is 1. The quantitative estimate of drug-likeness (QED) is 0.532. The van der Waals surface area contributed by atoms with Gasteiger partial charge >= 0.3 is 5.97 Å². The van der Waals surface area contributed by atoms with Crippen molar-refractivity contribution in [3.05, 3.63) is 75.1 Å². The Hall–Kier alpha value is -3.87. The third-order valence-corrected chi connectivity index (χ3v) is 7.84. The van der Waals surface area contributed by atoms with Gasteiger partial charge in [0.25, 0.3) is 5.91 Å². The number of carbonyl (C=O) groups is 2. The van der Waals surface area contributed by atoms with Gasteiger partial charge in [0, 0.05) is 24.2 Å². The molecule has 7 heteroatoms. The molecule has 0 fully saturated rings. The number of aliphatic carboxylic acids is 1. The van der Waals surface area contributed by atoms with Gasteiger partial charge in [-0.2, -0.15) is 0 Å². The number of hydrogen-bond donors (Lipinski definition) is 1. The summed E-state index contributed by atoms with van der Waals surface area (Å²) < 4.78 is 26.7. The van der Waals surface area contributed by atoms with Crippen LogP contribution in [0.4, 0.5) is 10.1 Å². The minimum absolute atomic E-state index is 0.143. The van der Waals surface area contributed by atoms with Crippen LogP contribution < -0.4 is 14.4 Å². The van der Waals surface area contributed by atoms with E-state index in [4.69, 9.17) is 9.47 Å². The van der Waals surface area contributed by atoms with E-state index in [1.54, 1.807) is 11.0 Å². The number of amides is 1. The molecule has 0 bridgehead atoms. The molecule has 0 unspecified atom stereocenters. The molecule has 0 spiro atoms. The maximum absolute atomic E-state index is 15.3. The number of halogens is 1. The molecule has 0 saturated heterocycles. The van der Waals surface area contributed by atoms with E-state index >= 15 is 4.39 Å². The van der Waals surface area contributed by atoms with Gasteiger partial charge in [0.1, 0.15) is 5.75 Å². The first-order valence-corrected chi connectivity index (χ1v) is 12.7. The Morgan fingerprint density at radius 3 is 2.65 bits per heavy atom. The van der Waals surface area contributed by atoms with Crippen molar-refractivity contribution in [2.75, 3.05) is 24.7 Å². The molecule has 0 radical (unpaired) electrons. The second kappa shape index (κ2) is 8.91. The van der Waals surface area contributed by atoms with Crippen LogP contribution in [0.3, 0.4) is 0 Å². The molecule has 6 rings (SSSR count). The molecule has 6 nitrogen and oxygen atoms in total. The summed E-state index contributed by atoms with van der Waals surface area (Å²) >= 11 is 0. The molecular weight excluding hydrogens is 473 g/mol. The van der Waals surface area contributed by atoms with Gasteiger partial charge in [0.2, 0.25) is 0 Å². The van der Waals surface area contributed by atoms with Gasteiger partial charge in [0.15, 0.2) is 11.6 Å². The number of para-hydroxylation sites is 1. The summed E-state index contributed by atoms with van der Waals surface area (Å²) in [7, 11) is 0. The van der Waals surface area contributed by atoms with Gasteiger partial charge in [0.05, 0.1) is 25.2 Å². The van der Waals surface area contributed by atoms with E-state index in [-0.39, 0.29) is 12.3 Å². The average Bonchev–Trinajstić information content (AvgIpc) is 3.53. The number of nitrogens with zero attached hydrogens (tertiary/aromatic N) is 1. The van der Waals surface area contributed by atoms with E-state index in [0.717, 1.165) is 51.9 Å². The van der Waals surface area contributed by atoms with Gasteiger partial charge in [-0.15, -0.1) is 0 Å². The largest absolute Gasteiger partial charge is 0.492 e. The highest BCUT2D eigenvalue weighted by atomic mass is 19.1. The second-order valence-corrected chi connectivity index (χ2v) is 10.0. The van der Waals surface area contributed by atoms with Crippen molar-refractivity contribution in [2.24, 2.45) is 0 Å². The summed E-state index contributed by atoms with van der Waals surface area (Å²) in [5.74, 6) is -0.587. The van der Waals surface area contributed by atoms with Crippen LogP contribution in [0, 0.1) is 19.7 Å². The average molecular weight is 502 g/mol. The molecule has 3 aliphatic heterocycles. The Morgan fingerprint density at radius 1 is 1.03 bits per heavy atom. The zero-order valence-electron chi connectivity index (χ0n) is 20.9. The molecule has 37 heavy (non-hydrogen) atoms. The topological polar surface area (TPSA) is 76.1 Å². The molecule has 0 aliphatic carbocycles. The number of aryl methyl sites for hydroxylation is 1. The van der Waals surface area contributed by atoms with Crippen molar-refractivity contribution >= 4 is 17.6 Å². The number of fused-ring (bicyclic) bond motifs is 3. The molecule has 3 aromatic rings. The Labute approximate surface area is 214 Å². The number of rotatable bonds is 4. The highest BCUT2D eigenvalue weighted by Crippen LogP contribution is 2.46. The lowest BCUT2D eigenvalue weighted by Crippen LogP contribution is -2.29. The number of anilines is 1. The predicted octanol–water partition coefficient (Wildman–Crippen LogP) is 5.20. The second-order valence-electron chi connectivity index (χ2n) is 10.0. The zero-order valence-corrected chi connectivity index (χ0v) is 20.9. The van der Waals surface area contributed by atoms with Crippen molar-refractivity contribution in [1.82, 2.24) is 0 Å². The number of ether oxygens (including phenoxy) is 2. The van der Waals surface area contributed by atoms with Crippen molar-refractivity contribution in [3.8, 4) is 22.6 Å². The number of benzene rings is 3. The summed E-state index contributed by atoms with van der Waals surface area (Å²) in [6.45, 7) is 5.31. The minimum Gasteiger partial charge on any atom is -0.492 e. The van der Waals surface area contributed by atoms with Crippen molar-refractivity contribution in [3.63, 3.8) is 0 Å². The van der Waals surface area contributed by atoms with Crippen LogP contribution in [-0.4, -0.2) is 36.7 Å². The van der Waals surface area contributed by atoms with Crippen LogP contribution in [0.1, 0.15) is 50.2 Å². The minimum atomic E-state index is -0.952. The number of carboxylic acid groups (broad SMARTS) is 1. The molecule has 3 heterocycles. The van der Waals surface area contributed by atoms with Crippen LogP contribution in [0.25, 0.3) is 11.1 Å². The van der Waals surface area contributed by atoms with Crippen molar-refractivity contribution in [1.29, 1.82) is 0 Å². The maximum atomic E-state index is 15.3. The monoisotopic (exact) mass is 501 g/mol. The third kappa shape index (κ3) is 3.76. The Bertz CT molecular complexity index is 1480. The SMILES string of the molecule is Cc1cc2c(c(-c3cc(F)c4c(c3C)CCCO4)c1CC(=O)O)CCN2C(=O)c1cccc2c1OCC2. The molecule has 3 aromatic carbocycles. The summed E-state index contributed by atoms with van der Waals surface area (Å²) in [6, 6.07) is 9.03. The standard InChI is InChI=1S/C30H28FNO5/c1-16-13-25-20(8-10-32(25)30(35)21-6-3-5-18-9-12-37-28(18)21)27(22(16)15-26(33)34)23-14-24(31)29-19(17(23)2)7-4-11-36-29/h3,5-6,13-14H,4,7-12,15H2,1-2H3,(H,33,34). The van der Waals surface area contributed by atoms with Crippen LogP contribution in [-0.2, 0) is 30.5 Å². The van der Waals surface area contributed by atoms with E-state index in [9.17, 15) is 14.7 Å². The number of hydrogen-bond acceptors (Lipinski definition) is 4. The van der Waals surface area contributed by atoms with E-state index in [0.29, 0.717) is 60.8 Å². The van der Waals surface area contributed by atoms with Gasteiger partial charge in [-0.25, -0.2) is 4.39 Å². The molecule has 0 aromatic heterocycles. The number of carbonyl (C=O) groups excluding carboxylic acids is 1. The highest BCUT2D eigenvalue weighted by molar-refractivity contribution is 6.10. The van der Waals surface area contributed by atoms with Crippen molar-refractivity contribution in [2.45, 2.75) is 46.0 Å². The summed E-state index contributed by atoms with van der Waals surface area (Å²) in [5, 5.41) is 9.73. The zero-order chi connectivity index (χ0) is 25.8. The fourth-order valence-electron chi connectivity index (χ4n) is 6.09. The summed E-state index contributed by atoms with van der Waals surface area (Å²) in [5.41, 5.74) is 7.74. The predicted molar refractivity (Wildman–Crippen MR) is 137 cm³/mol.